The molecule has 2 N–H and O–H groups in total. The first kappa shape index (κ1) is 14.5. The van der Waals surface area contributed by atoms with Gasteiger partial charge in [0.2, 0.25) is 11.8 Å². The third-order valence-electron chi connectivity index (χ3n) is 4.22. The number of para-hydroxylation sites is 1. The minimum absolute atomic E-state index is 0.0431. The number of aromatic amines is 1. The predicted octanol–water partition coefficient (Wildman–Crippen LogP) is 2.14. The standard InChI is InChI=1S/C17H16N4O3/c22-15-8-11(9-21(15)10-12-4-3-7-24-12)17(23)18-16-13-5-1-2-6-14(13)19-20-16/h1-7,11H,8-10H2,(H2,18,19,20,23)/t11-/m0/s1. The van der Waals surface area contributed by atoms with Gasteiger partial charge in [-0.05, 0) is 24.3 Å². The van der Waals surface area contributed by atoms with Crippen LogP contribution in [-0.2, 0) is 16.1 Å². The zero-order valence-electron chi connectivity index (χ0n) is 12.9. The van der Waals surface area contributed by atoms with E-state index in [-0.39, 0.29) is 24.2 Å². The number of anilines is 1. The van der Waals surface area contributed by atoms with E-state index in [9.17, 15) is 9.59 Å². The Labute approximate surface area is 137 Å². The van der Waals surface area contributed by atoms with Crippen molar-refractivity contribution in [1.82, 2.24) is 15.1 Å². The molecule has 0 bridgehead atoms. The molecule has 1 aliphatic rings. The lowest BCUT2D eigenvalue weighted by atomic mass is 10.1. The highest BCUT2D eigenvalue weighted by molar-refractivity contribution is 6.02. The molecule has 24 heavy (non-hydrogen) atoms. The van der Waals surface area contributed by atoms with E-state index in [0.29, 0.717) is 24.7 Å². The molecule has 0 unspecified atom stereocenters. The summed E-state index contributed by atoms with van der Waals surface area (Å²) in [5, 5.41) is 10.7. The monoisotopic (exact) mass is 324 g/mol. The van der Waals surface area contributed by atoms with Crippen LogP contribution in [0.3, 0.4) is 0 Å². The number of nitrogens with zero attached hydrogens (tertiary/aromatic N) is 2. The van der Waals surface area contributed by atoms with Crippen molar-refractivity contribution in [3.63, 3.8) is 0 Å². The molecule has 7 heteroatoms. The highest BCUT2D eigenvalue weighted by atomic mass is 16.3. The van der Waals surface area contributed by atoms with Crippen LogP contribution in [0.15, 0.2) is 47.1 Å². The normalized spacial score (nSPS) is 17.6. The summed E-state index contributed by atoms with van der Waals surface area (Å²) in [6.07, 6.45) is 1.78. The number of fused-ring (bicyclic) bond motifs is 1. The summed E-state index contributed by atoms with van der Waals surface area (Å²) in [5.41, 5.74) is 0.856. The first-order valence-electron chi connectivity index (χ1n) is 7.75. The first-order valence-corrected chi connectivity index (χ1v) is 7.75. The number of aromatic nitrogens is 2. The molecule has 3 aromatic rings. The van der Waals surface area contributed by atoms with Gasteiger partial charge in [-0.25, -0.2) is 0 Å². The van der Waals surface area contributed by atoms with E-state index in [2.05, 4.69) is 15.5 Å². The number of amides is 2. The number of likely N-dealkylation sites (tertiary alicyclic amines) is 1. The van der Waals surface area contributed by atoms with E-state index in [1.807, 2.05) is 30.3 Å². The number of H-pyrrole nitrogens is 1. The van der Waals surface area contributed by atoms with Gasteiger partial charge < -0.3 is 14.6 Å². The molecular formula is C17H16N4O3. The summed E-state index contributed by atoms with van der Waals surface area (Å²) in [7, 11) is 0. The molecule has 0 aliphatic carbocycles. The number of hydrogen-bond donors (Lipinski definition) is 2. The van der Waals surface area contributed by atoms with Gasteiger partial charge in [0.05, 0.1) is 24.2 Å². The van der Waals surface area contributed by atoms with Gasteiger partial charge in [0.25, 0.3) is 0 Å². The Morgan fingerprint density at radius 1 is 1.33 bits per heavy atom. The summed E-state index contributed by atoms with van der Waals surface area (Å²) in [4.78, 5) is 26.2. The van der Waals surface area contributed by atoms with E-state index in [1.165, 1.54) is 0 Å². The lowest BCUT2D eigenvalue weighted by Crippen LogP contribution is -2.28. The molecule has 122 valence electrons. The molecule has 2 amide bonds. The van der Waals surface area contributed by atoms with Gasteiger partial charge >= 0.3 is 0 Å². The van der Waals surface area contributed by atoms with Crippen LogP contribution in [0.5, 0.6) is 0 Å². The first-order chi connectivity index (χ1) is 11.7. The summed E-state index contributed by atoms with van der Waals surface area (Å²) >= 11 is 0. The van der Waals surface area contributed by atoms with Crippen molar-refractivity contribution >= 4 is 28.5 Å². The molecule has 7 nitrogen and oxygen atoms in total. The quantitative estimate of drug-likeness (QED) is 0.769. The van der Waals surface area contributed by atoms with Gasteiger partial charge in [0, 0.05) is 18.4 Å². The lowest BCUT2D eigenvalue weighted by molar-refractivity contribution is -0.128. The highest BCUT2D eigenvalue weighted by Crippen LogP contribution is 2.24. The number of benzene rings is 1. The average Bonchev–Trinajstić information content (AvgIpc) is 3.30. The van der Waals surface area contributed by atoms with E-state index in [1.54, 1.807) is 17.2 Å². The number of rotatable bonds is 4. The van der Waals surface area contributed by atoms with Gasteiger partial charge in [-0.1, -0.05) is 12.1 Å². The van der Waals surface area contributed by atoms with Crippen LogP contribution in [0.4, 0.5) is 5.82 Å². The number of carbonyl (C=O) groups is 2. The van der Waals surface area contributed by atoms with E-state index >= 15 is 0 Å². The Bertz CT molecular complexity index is 884. The van der Waals surface area contributed by atoms with Crippen molar-refractivity contribution in [2.24, 2.45) is 5.92 Å². The lowest BCUT2D eigenvalue weighted by Gasteiger charge is -2.14. The number of carbonyl (C=O) groups excluding carboxylic acids is 2. The molecule has 1 aliphatic heterocycles. The Kier molecular flexibility index (Phi) is 3.53. The van der Waals surface area contributed by atoms with Gasteiger partial charge in [-0.2, -0.15) is 5.10 Å². The predicted molar refractivity (Wildman–Crippen MR) is 87.0 cm³/mol. The third kappa shape index (κ3) is 2.64. The zero-order chi connectivity index (χ0) is 16.5. The molecule has 4 rings (SSSR count). The summed E-state index contributed by atoms with van der Waals surface area (Å²) in [6.45, 7) is 0.772. The Hall–Kier alpha value is -3.09. The van der Waals surface area contributed by atoms with E-state index < -0.39 is 0 Å². The number of nitrogens with one attached hydrogen (secondary N) is 2. The third-order valence-corrected chi connectivity index (χ3v) is 4.22. The average molecular weight is 324 g/mol. The maximum absolute atomic E-state index is 12.5. The Balaban J connectivity index is 1.44. The van der Waals surface area contributed by atoms with Crippen LogP contribution in [0.25, 0.3) is 10.9 Å². The van der Waals surface area contributed by atoms with Crippen molar-refractivity contribution in [2.75, 3.05) is 11.9 Å². The smallest absolute Gasteiger partial charge is 0.231 e. The maximum Gasteiger partial charge on any atom is 0.231 e. The molecule has 3 heterocycles. The van der Waals surface area contributed by atoms with Gasteiger partial charge in [-0.3, -0.25) is 14.7 Å². The summed E-state index contributed by atoms with van der Waals surface area (Å²) in [5.74, 6) is 0.583. The Morgan fingerprint density at radius 2 is 2.21 bits per heavy atom. The number of hydrogen-bond acceptors (Lipinski definition) is 4. The van der Waals surface area contributed by atoms with Crippen LogP contribution in [0.1, 0.15) is 12.2 Å². The summed E-state index contributed by atoms with van der Waals surface area (Å²) in [6, 6.07) is 11.2. The van der Waals surface area contributed by atoms with E-state index in [4.69, 9.17) is 4.42 Å². The molecule has 2 aromatic heterocycles. The van der Waals surface area contributed by atoms with Gasteiger partial charge in [-0.15, -0.1) is 0 Å². The molecule has 0 radical (unpaired) electrons. The van der Waals surface area contributed by atoms with Gasteiger partial charge in [0.15, 0.2) is 5.82 Å². The fraction of sp³-hybridized carbons (Fsp3) is 0.235. The molecular weight excluding hydrogens is 308 g/mol. The van der Waals surface area contributed by atoms with Crippen molar-refractivity contribution in [1.29, 1.82) is 0 Å². The molecule has 1 fully saturated rings. The minimum Gasteiger partial charge on any atom is -0.467 e. The number of furan rings is 1. The fourth-order valence-corrected chi connectivity index (χ4v) is 2.97. The SMILES string of the molecule is O=C(Nc1n[nH]c2ccccc12)[C@H]1CC(=O)N(Cc2ccco2)C1. The molecule has 1 saturated heterocycles. The van der Waals surface area contributed by atoms with Crippen molar-refractivity contribution in [3.05, 3.63) is 48.4 Å². The molecule has 1 aromatic carbocycles. The van der Waals surface area contributed by atoms with Crippen molar-refractivity contribution in [2.45, 2.75) is 13.0 Å². The Morgan fingerprint density at radius 3 is 3.04 bits per heavy atom. The maximum atomic E-state index is 12.5. The fourth-order valence-electron chi connectivity index (χ4n) is 2.97. The van der Waals surface area contributed by atoms with Gasteiger partial charge in [0.1, 0.15) is 5.76 Å². The largest absolute Gasteiger partial charge is 0.467 e. The topological polar surface area (TPSA) is 91.2 Å². The molecule has 0 spiro atoms. The van der Waals surface area contributed by atoms with Crippen LogP contribution in [-0.4, -0.2) is 33.5 Å². The van der Waals surface area contributed by atoms with Crippen molar-refractivity contribution < 1.29 is 14.0 Å². The summed E-state index contributed by atoms with van der Waals surface area (Å²) < 4.78 is 5.26. The van der Waals surface area contributed by atoms with Crippen LogP contribution in [0.2, 0.25) is 0 Å². The second kappa shape index (κ2) is 5.84. The highest BCUT2D eigenvalue weighted by Gasteiger charge is 2.35. The second-order valence-electron chi connectivity index (χ2n) is 5.86. The van der Waals surface area contributed by atoms with E-state index in [0.717, 1.165) is 10.9 Å². The van der Waals surface area contributed by atoms with Crippen LogP contribution >= 0.6 is 0 Å². The zero-order valence-corrected chi connectivity index (χ0v) is 12.9. The van der Waals surface area contributed by atoms with Crippen LogP contribution < -0.4 is 5.32 Å². The molecule has 0 saturated carbocycles. The molecule has 1 atom stereocenters. The van der Waals surface area contributed by atoms with Crippen LogP contribution in [0, 0.1) is 5.92 Å². The van der Waals surface area contributed by atoms with Crippen molar-refractivity contribution in [3.8, 4) is 0 Å². The second-order valence-corrected chi connectivity index (χ2v) is 5.86. The minimum atomic E-state index is -0.386.